The number of hydrogen-bond acceptors (Lipinski definition) is 3. The summed E-state index contributed by atoms with van der Waals surface area (Å²) in [5.41, 5.74) is 0.831. The first-order valence-electron chi connectivity index (χ1n) is 6.03. The van der Waals surface area contributed by atoms with Gasteiger partial charge in [0.1, 0.15) is 12.4 Å². The topological polar surface area (TPSA) is 64.7 Å². The van der Waals surface area contributed by atoms with Crippen molar-refractivity contribution >= 4 is 34.2 Å². The first kappa shape index (κ1) is 12.7. The molecule has 1 aromatic carbocycles. The van der Waals surface area contributed by atoms with Gasteiger partial charge in [-0.1, -0.05) is 17.7 Å². The highest BCUT2D eigenvalue weighted by Crippen LogP contribution is 2.22. The Labute approximate surface area is 119 Å². The number of nitrogens with one attached hydrogen (secondary N) is 1. The predicted octanol–water partition coefficient (Wildman–Crippen LogP) is 2.06. The number of nitrogens with zero attached hydrogens (tertiary/aromatic N) is 4. The van der Waals surface area contributed by atoms with Gasteiger partial charge in [-0.2, -0.15) is 10.2 Å². The lowest BCUT2D eigenvalue weighted by atomic mass is 10.2. The van der Waals surface area contributed by atoms with Crippen molar-refractivity contribution in [2.24, 2.45) is 7.05 Å². The second kappa shape index (κ2) is 4.97. The third-order valence-electron chi connectivity index (χ3n) is 3.02. The maximum absolute atomic E-state index is 12.0. The van der Waals surface area contributed by atoms with E-state index in [2.05, 4.69) is 15.5 Å². The molecule has 2 heterocycles. The normalized spacial score (nSPS) is 10.9. The lowest BCUT2D eigenvalue weighted by molar-refractivity contribution is -0.116. The van der Waals surface area contributed by atoms with Crippen molar-refractivity contribution in [3.8, 4) is 0 Å². The van der Waals surface area contributed by atoms with E-state index in [0.717, 1.165) is 10.9 Å². The number of carbonyl (C=O) groups excluding carboxylic acids is 1. The van der Waals surface area contributed by atoms with Crippen LogP contribution < -0.4 is 5.32 Å². The summed E-state index contributed by atoms with van der Waals surface area (Å²) < 4.78 is 3.21. The van der Waals surface area contributed by atoms with Crippen molar-refractivity contribution in [3.05, 3.63) is 41.7 Å². The van der Waals surface area contributed by atoms with Crippen molar-refractivity contribution in [3.63, 3.8) is 0 Å². The first-order valence-corrected chi connectivity index (χ1v) is 6.41. The molecule has 0 atom stereocenters. The van der Waals surface area contributed by atoms with Gasteiger partial charge in [0, 0.05) is 18.5 Å². The van der Waals surface area contributed by atoms with Crippen LogP contribution in [0.3, 0.4) is 0 Å². The Bertz CT molecular complexity index is 776. The van der Waals surface area contributed by atoms with Gasteiger partial charge in [0.25, 0.3) is 0 Å². The zero-order valence-corrected chi connectivity index (χ0v) is 11.5. The number of hydrogen-bond donors (Lipinski definition) is 1. The second-order valence-electron chi connectivity index (χ2n) is 4.36. The summed E-state index contributed by atoms with van der Waals surface area (Å²) in [6, 6.07) is 7.25. The molecule has 102 valence electrons. The lowest BCUT2D eigenvalue weighted by Gasteiger charge is -2.06. The molecule has 0 aliphatic heterocycles. The van der Waals surface area contributed by atoms with E-state index < -0.39 is 0 Å². The number of halogens is 1. The number of amides is 1. The lowest BCUT2D eigenvalue weighted by Crippen LogP contribution is -2.20. The Morgan fingerprint density at radius 3 is 2.95 bits per heavy atom. The van der Waals surface area contributed by atoms with Gasteiger partial charge in [0.2, 0.25) is 5.91 Å². The minimum atomic E-state index is -0.168. The van der Waals surface area contributed by atoms with Crippen LogP contribution in [0.25, 0.3) is 10.9 Å². The van der Waals surface area contributed by atoms with Crippen LogP contribution in [0.15, 0.2) is 36.7 Å². The van der Waals surface area contributed by atoms with Gasteiger partial charge in [0.05, 0.1) is 22.9 Å². The Kier molecular flexibility index (Phi) is 3.15. The van der Waals surface area contributed by atoms with E-state index in [1.54, 1.807) is 40.9 Å². The zero-order chi connectivity index (χ0) is 14.1. The molecule has 3 aromatic rings. The Morgan fingerprint density at radius 2 is 2.20 bits per heavy atom. The Hall–Kier alpha value is -2.34. The Morgan fingerprint density at radius 1 is 1.35 bits per heavy atom. The van der Waals surface area contributed by atoms with Gasteiger partial charge in [-0.05, 0) is 12.1 Å². The van der Waals surface area contributed by atoms with Crippen LogP contribution in [-0.2, 0) is 18.4 Å². The maximum Gasteiger partial charge on any atom is 0.247 e. The fourth-order valence-electron chi connectivity index (χ4n) is 2.01. The molecule has 0 spiro atoms. The Balaban J connectivity index is 1.81. The molecular weight excluding hydrogens is 278 g/mol. The number of benzene rings is 1. The summed E-state index contributed by atoms with van der Waals surface area (Å²) >= 11 is 6.08. The number of fused-ring (bicyclic) bond motifs is 1. The zero-order valence-electron chi connectivity index (χ0n) is 10.7. The quantitative estimate of drug-likeness (QED) is 0.803. The molecule has 0 saturated carbocycles. The highest BCUT2D eigenvalue weighted by atomic mass is 35.5. The smallest absolute Gasteiger partial charge is 0.247 e. The minimum Gasteiger partial charge on any atom is -0.309 e. The molecule has 0 aliphatic rings. The molecule has 0 aliphatic carbocycles. The van der Waals surface area contributed by atoms with Crippen LogP contribution in [0.1, 0.15) is 0 Å². The van der Waals surface area contributed by atoms with Crippen LogP contribution in [0.2, 0.25) is 5.02 Å². The molecular formula is C13H12ClN5O. The standard InChI is InChI=1S/C13H12ClN5O/c1-18-12(5-6-15-18)17-13(20)8-19-11-4-2-3-10(14)9(11)7-16-19/h2-7H,8H2,1H3,(H,17,20). The number of aromatic nitrogens is 4. The van der Waals surface area contributed by atoms with E-state index in [9.17, 15) is 4.79 Å². The van der Waals surface area contributed by atoms with Crippen molar-refractivity contribution in [2.45, 2.75) is 6.54 Å². The van der Waals surface area contributed by atoms with E-state index in [1.165, 1.54) is 0 Å². The number of anilines is 1. The summed E-state index contributed by atoms with van der Waals surface area (Å²) in [6.07, 6.45) is 3.29. The van der Waals surface area contributed by atoms with Crippen LogP contribution >= 0.6 is 11.6 Å². The van der Waals surface area contributed by atoms with E-state index in [0.29, 0.717) is 10.8 Å². The average molecular weight is 290 g/mol. The average Bonchev–Trinajstić information content (AvgIpc) is 2.99. The predicted molar refractivity (Wildman–Crippen MR) is 76.6 cm³/mol. The molecule has 0 bridgehead atoms. The van der Waals surface area contributed by atoms with E-state index in [4.69, 9.17) is 11.6 Å². The molecule has 1 amide bonds. The summed E-state index contributed by atoms with van der Waals surface area (Å²) in [4.78, 5) is 12.0. The molecule has 6 nitrogen and oxygen atoms in total. The number of carbonyl (C=O) groups is 1. The number of aryl methyl sites for hydroxylation is 1. The number of rotatable bonds is 3. The third-order valence-corrected chi connectivity index (χ3v) is 3.35. The van der Waals surface area contributed by atoms with Crippen molar-refractivity contribution in [2.75, 3.05) is 5.32 Å². The van der Waals surface area contributed by atoms with Crippen molar-refractivity contribution < 1.29 is 4.79 Å². The van der Waals surface area contributed by atoms with Crippen molar-refractivity contribution in [1.29, 1.82) is 0 Å². The fourth-order valence-corrected chi connectivity index (χ4v) is 2.23. The SMILES string of the molecule is Cn1nccc1NC(=O)Cn1ncc2c(Cl)cccc21. The second-order valence-corrected chi connectivity index (χ2v) is 4.77. The van der Waals surface area contributed by atoms with E-state index >= 15 is 0 Å². The van der Waals surface area contributed by atoms with Gasteiger partial charge in [-0.3, -0.25) is 14.2 Å². The largest absolute Gasteiger partial charge is 0.309 e. The third kappa shape index (κ3) is 2.25. The highest BCUT2D eigenvalue weighted by Gasteiger charge is 2.10. The molecule has 2 aromatic heterocycles. The van der Waals surface area contributed by atoms with Crippen molar-refractivity contribution in [1.82, 2.24) is 19.6 Å². The van der Waals surface area contributed by atoms with Gasteiger partial charge in [-0.25, -0.2) is 0 Å². The highest BCUT2D eigenvalue weighted by molar-refractivity contribution is 6.35. The van der Waals surface area contributed by atoms with Gasteiger partial charge < -0.3 is 5.32 Å². The molecule has 0 radical (unpaired) electrons. The maximum atomic E-state index is 12.0. The fraction of sp³-hybridized carbons (Fsp3) is 0.154. The summed E-state index contributed by atoms with van der Waals surface area (Å²) in [5, 5.41) is 12.4. The summed E-state index contributed by atoms with van der Waals surface area (Å²) in [6.45, 7) is 0.120. The molecule has 0 unspecified atom stereocenters. The molecule has 20 heavy (non-hydrogen) atoms. The summed E-state index contributed by atoms with van der Waals surface area (Å²) in [7, 11) is 1.76. The van der Waals surface area contributed by atoms with Crippen LogP contribution in [0, 0.1) is 0 Å². The van der Waals surface area contributed by atoms with Crippen LogP contribution in [0.5, 0.6) is 0 Å². The molecule has 7 heteroatoms. The molecule has 3 rings (SSSR count). The monoisotopic (exact) mass is 289 g/mol. The van der Waals surface area contributed by atoms with Gasteiger partial charge in [-0.15, -0.1) is 0 Å². The first-order chi connectivity index (χ1) is 9.65. The van der Waals surface area contributed by atoms with Gasteiger partial charge in [0.15, 0.2) is 0 Å². The minimum absolute atomic E-state index is 0.120. The molecule has 0 fully saturated rings. The molecule has 0 saturated heterocycles. The van der Waals surface area contributed by atoms with Crippen LogP contribution in [-0.4, -0.2) is 25.5 Å². The molecule has 1 N–H and O–H groups in total. The summed E-state index contributed by atoms with van der Waals surface area (Å²) in [5.74, 6) is 0.475. The van der Waals surface area contributed by atoms with E-state index in [1.807, 2.05) is 12.1 Å². The van der Waals surface area contributed by atoms with E-state index in [-0.39, 0.29) is 12.5 Å². The van der Waals surface area contributed by atoms with Gasteiger partial charge >= 0.3 is 0 Å². The van der Waals surface area contributed by atoms with Crippen LogP contribution in [0.4, 0.5) is 5.82 Å².